The molecule has 1 rings (SSSR count). The standard InChI is InChI=1S/C13H25NO2/c1-2-12-7-10-14(11-8-12)9-5-3-4-6-13(15)16/h12H,2-11H2,1H3,(H,15,16). The van der Waals surface area contributed by atoms with Crippen LogP contribution in [-0.2, 0) is 4.79 Å². The number of carboxylic acids is 1. The first kappa shape index (κ1) is 13.5. The fourth-order valence-electron chi connectivity index (χ4n) is 2.41. The van der Waals surface area contributed by atoms with Crippen LogP contribution in [0.4, 0.5) is 0 Å². The maximum absolute atomic E-state index is 10.3. The Balaban J connectivity index is 1.96. The number of unbranched alkanes of at least 4 members (excludes halogenated alkanes) is 2. The molecule has 0 radical (unpaired) electrons. The van der Waals surface area contributed by atoms with Crippen molar-refractivity contribution in [2.75, 3.05) is 19.6 Å². The van der Waals surface area contributed by atoms with Crippen LogP contribution in [0.1, 0.15) is 51.9 Å². The lowest BCUT2D eigenvalue weighted by molar-refractivity contribution is -0.137. The van der Waals surface area contributed by atoms with Gasteiger partial charge in [0.25, 0.3) is 0 Å². The minimum absolute atomic E-state index is 0.331. The lowest BCUT2D eigenvalue weighted by atomic mass is 9.94. The van der Waals surface area contributed by atoms with E-state index < -0.39 is 5.97 Å². The van der Waals surface area contributed by atoms with Gasteiger partial charge in [-0.25, -0.2) is 0 Å². The topological polar surface area (TPSA) is 40.5 Å². The summed E-state index contributed by atoms with van der Waals surface area (Å²) in [5.41, 5.74) is 0. The van der Waals surface area contributed by atoms with E-state index in [9.17, 15) is 4.79 Å². The van der Waals surface area contributed by atoms with Crippen molar-refractivity contribution in [1.29, 1.82) is 0 Å². The predicted octanol–water partition coefficient (Wildman–Crippen LogP) is 2.75. The molecule has 0 unspecified atom stereocenters. The zero-order valence-corrected chi connectivity index (χ0v) is 10.5. The van der Waals surface area contributed by atoms with Gasteiger partial charge < -0.3 is 10.0 Å². The average Bonchev–Trinajstić information content (AvgIpc) is 2.29. The van der Waals surface area contributed by atoms with Gasteiger partial charge in [-0.2, -0.15) is 0 Å². The molecule has 1 heterocycles. The highest BCUT2D eigenvalue weighted by atomic mass is 16.4. The van der Waals surface area contributed by atoms with Crippen LogP contribution in [-0.4, -0.2) is 35.6 Å². The minimum atomic E-state index is -0.663. The Hall–Kier alpha value is -0.570. The highest BCUT2D eigenvalue weighted by Gasteiger charge is 2.16. The molecule has 0 aromatic heterocycles. The van der Waals surface area contributed by atoms with E-state index in [0.717, 1.165) is 31.7 Å². The molecule has 0 amide bonds. The molecule has 1 aliphatic heterocycles. The number of carboxylic acid groups (broad SMARTS) is 1. The maximum Gasteiger partial charge on any atom is 0.303 e. The molecule has 16 heavy (non-hydrogen) atoms. The van der Waals surface area contributed by atoms with Crippen LogP contribution in [0.5, 0.6) is 0 Å². The average molecular weight is 227 g/mol. The third-order valence-corrected chi connectivity index (χ3v) is 3.65. The molecule has 1 saturated heterocycles. The van der Waals surface area contributed by atoms with Gasteiger partial charge in [0.05, 0.1) is 0 Å². The van der Waals surface area contributed by atoms with Gasteiger partial charge in [0.1, 0.15) is 0 Å². The SMILES string of the molecule is CCC1CCN(CCCCCC(=O)O)CC1. The molecule has 0 aromatic carbocycles. The Bertz CT molecular complexity index is 198. The second-order valence-corrected chi connectivity index (χ2v) is 4.90. The highest BCUT2D eigenvalue weighted by molar-refractivity contribution is 5.66. The van der Waals surface area contributed by atoms with E-state index in [1.807, 2.05) is 0 Å². The van der Waals surface area contributed by atoms with Crippen LogP contribution < -0.4 is 0 Å². The van der Waals surface area contributed by atoms with Crippen LogP contribution in [0.25, 0.3) is 0 Å². The monoisotopic (exact) mass is 227 g/mol. The number of hydrogen-bond acceptors (Lipinski definition) is 2. The normalized spacial score (nSPS) is 18.8. The first-order valence-electron chi connectivity index (χ1n) is 6.66. The minimum Gasteiger partial charge on any atom is -0.481 e. The molecule has 0 atom stereocenters. The van der Waals surface area contributed by atoms with Crippen molar-refractivity contribution >= 4 is 5.97 Å². The van der Waals surface area contributed by atoms with E-state index in [1.54, 1.807) is 0 Å². The quantitative estimate of drug-likeness (QED) is 0.680. The van der Waals surface area contributed by atoms with Gasteiger partial charge in [-0.15, -0.1) is 0 Å². The lowest BCUT2D eigenvalue weighted by Gasteiger charge is -2.31. The van der Waals surface area contributed by atoms with Gasteiger partial charge in [-0.05, 0) is 51.2 Å². The number of likely N-dealkylation sites (tertiary alicyclic amines) is 1. The summed E-state index contributed by atoms with van der Waals surface area (Å²) in [6.45, 7) is 5.94. The van der Waals surface area contributed by atoms with Crippen LogP contribution >= 0.6 is 0 Å². The van der Waals surface area contributed by atoms with Gasteiger partial charge in [0.15, 0.2) is 0 Å². The van der Waals surface area contributed by atoms with E-state index in [0.29, 0.717) is 6.42 Å². The fraction of sp³-hybridized carbons (Fsp3) is 0.923. The molecule has 0 bridgehead atoms. The van der Waals surface area contributed by atoms with Gasteiger partial charge in [-0.3, -0.25) is 4.79 Å². The van der Waals surface area contributed by atoms with Crippen molar-refractivity contribution in [3.8, 4) is 0 Å². The molecule has 0 aromatic rings. The Morgan fingerprint density at radius 3 is 2.50 bits per heavy atom. The van der Waals surface area contributed by atoms with Crippen molar-refractivity contribution in [3.05, 3.63) is 0 Å². The van der Waals surface area contributed by atoms with Crippen molar-refractivity contribution in [2.24, 2.45) is 5.92 Å². The van der Waals surface area contributed by atoms with E-state index in [1.165, 1.54) is 32.4 Å². The Morgan fingerprint density at radius 1 is 1.25 bits per heavy atom. The summed E-state index contributed by atoms with van der Waals surface area (Å²) < 4.78 is 0. The molecular formula is C13H25NO2. The summed E-state index contributed by atoms with van der Waals surface area (Å²) in [6.07, 6.45) is 7.41. The molecule has 0 saturated carbocycles. The second-order valence-electron chi connectivity index (χ2n) is 4.90. The third-order valence-electron chi connectivity index (χ3n) is 3.65. The third kappa shape index (κ3) is 5.50. The zero-order valence-electron chi connectivity index (χ0n) is 10.5. The molecule has 1 N–H and O–H groups in total. The molecule has 3 nitrogen and oxygen atoms in total. The summed E-state index contributed by atoms with van der Waals surface area (Å²) in [7, 11) is 0. The maximum atomic E-state index is 10.3. The lowest BCUT2D eigenvalue weighted by Crippen LogP contribution is -2.34. The molecule has 3 heteroatoms. The van der Waals surface area contributed by atoms with Crippen LogP contribution in [0.3, 0.4) is 0 Å². The van der Waals surface area contributed by atoms with E-state index >= 15 is 0 Å². The fourth-order valence-corrected chi connectivity index (χ4v) is 2.41. The van der Waals surface area contributed by atoms with Crippen molar-refractivity contribution in [1.82, 2.24) is 4.90 Å². The molecule has 94 valence electrons. The number of nitrogens with zero attached hydrogens (tertiary/aromatic N) is 1. The number of carbonyl (C=O) groups is 1. The number of piperidine rings is 1. The molecular weight excluding hydrogens is 202 g/mol. The summed E-state index contributed by atoms with van der Waals surface area (Å²) in [6, 6.07) is 0. The Morgan fingerprint density at radius 2 is 1.94 bits per heavy atom. The number of rotatable bonds is 7. The zero-order chi connectivity index (χ0) is 11.8. The van der Waals surface area contributed by atoms with E-state index in [2.05, 4.69) is 11.8 Å². The largest absolute Gasteiger partial charge is 0.481 e. The first-order chi connectivity index (χ1) is 7.72. The number of hydrogen-bond donors (Lipinski definition) is 1. The molecule has 0 aliphatic carbocycles. The highest BCUT2D eigenvalue weighted by Crippen LogP contribution is 2.20. The van der Waals surface area contributed by atoms with Gasteiger partial charge >= 0.3 is 5.97 Å². The van der Waals surface area contributed by atoms with Crippen LogP contribution in [0.2, 0.25) is 0 Å². The van der Waals surface area contributed by atoms with Crippen molar-refractivity contribution < 1.29 is 9.90 Å². The van der Waals surface area contributed by atoms with Gasteiger partial charge in [-0.1, -0.05) is 19.8 Å². The Kier molecular flexibility index (Phi) is 6.46. The second kappa shape index (κ2) is 7.66. The molecule has 1 fully saturated rings. The van der Waals surface area contributed by atoms with E-state index in [-0.39, 0.29) is 0 Å². The summed E-state index contributed by atoms with van der Waals surface area (Å²) >= 11 is 0. The number of aliphatic carboxylic acids is 1. The molecule has 1 aliphatic rings. The van der Waals surface area contributed by atoms with Crippen LogP contribution in [0.15, 0.2) is 0 Å². The van der Waals surface area contributed by atoms with Gasteiger partial charge in [0, 0.05) is 6.42 Å². The van der Waals surface area contributed by atoms with Crippen molar-refractivity contribution in [3.63, 3.8) is 0 Å². The first-order valence-corrected chi connectivity index (χ1v) is 6.66. The summed E-state index contributed by atoms with van der Waals surface area (Å²) in [5, 5.41) is 8.51. The summed E-state index contributed by atoms with van der Waals surface area (Å²) in [5.74, 6) is 0.284. The predicted molar refractivity (Wildman–Crippen MR) is 65.6 cm³/mol. The van der Waals surface area contributed by atoms with Crippen molar-refractivity contribution in [2.45, 2.75) is 51.9 Å². The van der Waals surface area contributed by atoms with E-state index in [4.69, 9.17) is 5.11 Å². The van der Waals surface area contributed by atoms with Crippen LogP contribution in [0, 0.1) is 5.92 Å². The smallest absolute Gasteiger partial charge is 0.303 e. The summed E-state index contributed by atoms with van der Waals surface area (Å²) in [4.78, 5) is 12.9. The van der Waals surface area contributed by atoms with Gasteiger partial charge in [0.2, 0.25) is 0 Å². The molecule has 0 spiro atoms. The Labute approximate surface area is 98.8 Å².